The Hall–Kier alpha value is -3.01. The van der Waals surface area contributed by atoms with Gasteiger partial charge in [0, 0.05) is 11.3 Å². The Balaban J connectivity index is 1.88. The van der Waals surface area contributed by atoms with E-state index in [9.17, 15) is 4.79 Å². The predicted molar refractivity (Wildman–Crippen MR) is 90.8 cm³/mol. The normalized spacial score (nSPS) is 16.4. The molecule has 0 aromatic heterocycles. The summed E-state index contributed by atoms with van der Waals surface area (Å²) in [6, 6.07) is 19.6. The molecule has 4 nitrogen and oxygen atoms in total. The van der Waals surface area contributed by atoms with E-state index >= 15 is 0 Å². The molecular weight excluding hydrogens is 288 g/mol. The van der Waals surface area contributed by atoms with E-state index in [1.165, 1.54) is 0 Å². The van der Waals surface area contributed by atoms with Crippen molar-refractivity contribution in [1.29, 1.82) is 0 Å². The minimum absolute atomic E-state index is 0.0839. The number of ether oxygens (including phenoxy) is 1. The Morgan fingerprint density at radius 2 is 1.70 bits per heavy atom. The zero-order chi connectivity index (χ0) is 15.8. The quantitative estimate of drug-likeness (QED) is 0.759. The van der Waals surface area contributed by atoms with E-state index in [1.54, 1.807) is 7.11 Å². The molecule has 1 heterocycles. The molecule has 0 spiro atoms. The van der Waals surface area contributed by atoms with Crippen LogP contribution in [0.15, 0.2) is 60.7 Å². The third kappa shape index (κ3) is 2.19. The van der Waals surface area contributed by atoms with E-state index < -0.39 is 0 Å². The van der Waals surface area contributed by atoms with Crippen molar-refractivity contribution in [2.75, 3.05) is 12.4 Å². The zero-order valence-corrected chi connectivity index (χ0v) is 12.7. The number of fused-ring (bicyclic) bond motifs is 2. The standard InChI is InChI=1S/C19H16N2O2/c1-23-16-11-10-12-6-2-3-7-13(12)17(16)18-20-15-9-5-4-8-14(15)19(22)21-18/h2-11,18,20H,1H3,(H,21,22)/t18-/m0/s1. The number of hydrogen-bond donors (Lipinski definition) is 2. The largest absolute Gasteiger partial charge is 0.496 e. The number of benzene rings is 3. The first-order chi connectivity index (χ1) is 11.3. The molecule has 23 heavy (non-hydrogen) atoms. The molecule has 0 aliphatic carbocycles. The van der Waals surface area contributed by atoms with Crippen LogP contribution in [0.5, 0.6) is 5.75 Å². The maximum atomic E-state index is 12.4. The zero-order valence-electron chi connectivity index (χ0n) is 12.7. The summed E-state index contributed by atoms with van der Waals surface area (Å²) in [5.74, 6) is 0.667. The number of nitrogens with one attached hydrogen (secondary N) is 2. The molecular formula is C19H16N2O2. The molecule has 4 rings (SSSR count). The SMILES string of the molecule is COc1ccc2ccccc2c1[C@@H]1NC(=O)c2ccccc2N1. The molecule has 4 heteroatoms. The number of methoxy groups -OCH3 is 1. The monoisotopic (exact) mass is 304 g/mol. The number of carbonyl (C=O) groups is 1. The van der Waals surface area contributed by atoms with Gasteiger partial charge in [-0.15, -0.1) is 0 Å². The van der Waals surface area contributed by atoms with Gasteiger partial charge in [-0.3, -0.25) is 4.79 Å². The first-order valence-corrected chi connectivity index (χ1v) is 7.50. The average molecular weight is 304 g/mol. The fraction of sp³-hybridized carbons (Fsp3) is 0.105. The second kappa shape index (κ2) is 5.32. The van der Waals surface area contributed by atoms with Crippen molar-refractivity contribution >= 4 is 22.4 Å². The van der Waals surface area contributed by atoms with Crippen molar-refractivity contribution < 1.29 is 9.53 Å². The first-order valence-electron chi connectivity index (χ1n) is 7.50. The summed E-state index contributed by atoms with van der Waals surface area (Å²) in [5.41, 5.74) is 2.42. The number of rotatable bonds is 2. The molecule has 0 bridgehead atoms. The molecule has 2 N–H and O–H groups in total. The highest BCUT2D eigenvalue weighted by atomic mass is 16.5. The van der Waals surface area contributed by atoms with Crippen LogP contribution in [-0.4, -0.2) is 13.0 Å². The maximum absolute atomic E-state index is 12.4. The van der Waals surface area contributed by atoms with Crippen molar-refractivity contribution in [3.8, 4) is 5.75 Å². The van der Waals surface area contributed by atoms with Gasteiger partial charge in [0.25, 0.3) is 5.91 Å². The second-order valence-corrected chi connectivity index (χ2v) is 5.50. The fourth-order valence-electron chi connectivity index (χ4n) is 3.10. The van der Waals surface area contributed by atoms with Gasteiger partial charge in [0.1, 0.15) is 11.9 Å². The van der Waals surface area contributed by atoms with Crippen LogP contribution in [0.4, 0.5) is 5.69 Å². The summed E-state index contributed by atoms with van der Waals surface area (Å²) in [6.07, 6.45) is -0.335. The van der Waals surface area contributed by atoms with Crippen molar-refractivity contribution in [3.63, 3.8) is 0 Å². The number of hydrogen-bond acceptors (Lipinski definition) is 3. The Kier molecular flexibility index (Phi) is 3.15. The lowest BCUT2D eigenvalue weighted by atomic mass is 9.99. The maximum Gasteiger partial charge on any atom is 0.255 e. The third-order valence-corrected chi connectivity index (χ3v) is 4.19. The smallest absolute Gasteiger partial charge is 0.255 e. The molecule has 1 atom stereocenters. The summed E-state index contributed by atoms with van der Waals surface area (Å²) < 4.78 is 5.54. The van der Waals surface area contributed by atoms with Gasteiger partial charge in [0.15, 0.2) is 0 Å². The van der Waals surface area contributed by atoms with Crippen LogP contribution in [0.1, 0.15) is 22.1 Å². The molecule has 1 amide bonds. The van der Waals surface area contributed by atoms with Gasteiger partial charge in [0.05, 0.1) is 12.7 Å². The minimum atomic E-state index is -0.335. The van der Waals surface area contributed by atoms with E-state index in [0.717, 1.165) is 27.8 Å². The minimum Gasteiger partial charge on any atom is -0.496 e. The molecule has 0 fully saturated rings. The van der Waals surface area contributed by atoms with E-state index in [1.807, 2.05) is 54.6 Å². The van der Waals surface area contributed by atoms with E-state index in [0.29, 0.717) is 5.56 Å². The van der Waals surface area contributed by atoms with Crippen LogP contribution >= 0.6 is 0 Å². The first kappa shape index (κ1) is 13.6. The Morgan fingerprint density at radius 3 is 2.57 bits per heavy atom. The molecule has 0 radical (unpaired) electrons. The highest BCUT2D eigenvalue weighted by Gasteiger charge is 2.27. The third-order valence-electron chi connectivity index (χ3n) is 4.19. The van der Waals surface area contributed by atoms with Crippen molar-refractivity contribution in [2.45, 2.75) is 6.17 Å². The highest BCUT2D eigenvalue weighted by Crippen LogP contribution is 2.36. The number of carbonyl (C=O) groups excluding carboxylic acids is 1. The van der Waals surface area contributed by atoms with E-state index in [-0.39, 0.29) is 12.1 Å². The van der Waals surface area contributed by atoms with Crippen LogP contribution in [0.2, 0.25) is 0 Å². The summed E-state index contributed by atoms with van der Waals surface area (Å²) in [5, 5.41) is 8.59. The van der Waals surface area contributed by atoms with Gasteiger partial charge in [-0.25, -0.2) is 0 Å². The molecule has 1 aliphatic heterocycles. The van der Waals surface area contributed by atoms with Crippen molar-refractivity contribution in [1.82, 2.24) is 5.32 Å². The predicted octanol–water partition coefficient (Wildman–Crippen LogP) is 3.70. The number of amides is 1. The summed E-state index contributed by atoms with van der Waals surface area (Å²) in [7, 11) is 1.65. The lowest BCUT2D eigenvalue weighted by Gasteiger charge is -2.30. The van der Waals surface area contributed by atoms with Gasteiger partial charge >= 0.3 is 0 Å². The van der Waals surface area contributed by atoms with Crippen LogP contribution < -0.4 is 15.4 Å². The van der Waals surface area contributed by atoms with Crippen LogP contribution in [0, 0.1) is 0 Å². The summed E-state index contributed by atoms with van der Waals surface area (Å²) in [4.78, 5) is 12.4. The van der Waals surface area contributed by atoms with Gasteiger partial charge in [0.2, 0.25) is 0 Å². The van der Waals surface area contributed by atoms with Gasteiger partial charge in [-0.2, -0.15) is 0 Å². The van der Waals surface area contributed by atoms with E-state index in [2.05, 4.69) is 16.7 Å². The molecule has 1 aliphatic rings. The molecule has 3 aromatic carbocycles. The summed E-state index contributed by atoms with van der Waals surface area (Å²) >= 11 is 0. The highest BCUT2D eigenvalue weighted by molar-refractivity contribution is 6.02. The van der Waals surface area contributed by atoms with E-state index in [4.69, 9.17) is 4.74 Å². The number of anilines is 1. The summed E-state index contributed by atoms with van der Waals surface area (Å²) in [6.45, 7) is 0. The van der Waals surface area contributed by atoms with Crippen LogP contribution in [0.25, 0.3) is 10.8 Å². The van der Waals surface area contributed by atoms with Crippen molar-refractivity contribution in [3.05, 3.63) is 71.8 Å². The topological polar surface area (TPSA) is 50.4 Å². The average Bonchev–Trinajstić information content (AvgIpc) is 2.60. The molecule has 0 saturated heterocycles. The second-order valence-electron chi connectivity index (χ2n) is 5.50. The van der Waals surface area contributed by atoms with Gasteiger partial charge < -0.3 is 15.4 Å². The fourth-order valence-corrected chi connectivity index (χ4v) is 3.10. The number of para-hydroxylation sites is 1. The Labute approximate surface area is 134 Å². The Bertz CT molecular complexity index is 905. The molecule has 3 aromatic rings. The Morgan fingerprint density at radius 1 is 0.913 bits per heavy atom. The van der Waals surface area contributed by atoms with Crippen molar-refractivity contribution in [2.24, 2.45) is 0 Å². The van der Waals surface area contributed by atoms with Gasteiger partial charge in [-0.1, -0.05) is 42.5 Å². The van der Waals surface area contributed by atoms with Crippen LogP contribution in [-0.2, 0) is 0 Å². The van der Waals surface area contributed by atoms with Crippen LogP contribution in [0.3, 0.4) is 0 Å². The molecule has 0 unspecified atom stereocenters. The molecule has 114 valence electrons. The molecule has 0 saturated carbocycles. The van der Waals surface area contributed by atoms with Gasteiger partial charge in [-0.05, 0) is 29.0 Å². The lowest BCUT2D eigenvalue weighted by Crippen LogP contribution is -2.38. The lowest BCUT2D eigenvalue weighted by molar-refractivity contribution is 0.0935.